The van der Waals surface area contributed by atoms with Crippen molar-refractivity contribution in [3.05, 3.63) is 16.4 Å². The van der Waals surface area contributed by atoms with Crippen molar-refractivity contribution in [3.63, 3.8) is 0 Å². The zero-order chi connectivity index (χ0) is 13.2. The standard InChI is InChI=1S/C14H24BrN3/c1-4-9-16-13(14(2)7-5-6-8-14)12-11(15)10-17-18(12)3/h10,13,16H,4-9H2,1-3H3. The van der Waals surface area contributed by atoms with E-state index in [0.29, 0.717) is 11.5 Å². The molecule has 1 N–H and O–H groups in total. The maximum Gasteiger partial charge on any atom is 0.0697 e. The molecule has 0 bridgehead atoms. The quantitative estimate of drug-likeness (QED) is 0.896. The second-order valence-corrected chi connectivity index (χ2v) is 6.60. The van der Waals surface area contributed by atoms with Crippen LogP contribution in [0.2, 0.25) is 0 Å². The van der Waals surface area contributed by atoms with Crippen LogP contribution >= 0.6 is 15.9 Å². The molecule has 0 amide bonds. The largest absolute Gasteiger partial charge is 0.308 e. The van der Waals surface area contributed by atoms with Gasteiger partial charge in [-0.05, 0) is 47.2 Å². The van der Waals surface area contributed by atoms with E-state index in [1.54, 1.807) is 0 Å². The van der Waals surface area contributed by atoms with Crippen LogP contribution in [-0.4, -0.2) is 16.3 Å². The van der Waals surface area contributed by atoms with Gasteiger partial charge in [-0.1, -0.05) is 26.7 Å². The fraction of sp³-hybridized carbons (Fsp3) is 0.786. The summed E-state index contributed by atoms with van der Waals surface area (Å²) in [6.45, 7) is 5.71. The number of halogens is 1. The summed E-state index contributed by atoms with van der Waals surface area (Å²) in [5, 5.41) is 8.12. The first-order valence-corrected chi connectivity index (χ1v) is 7.78. The van der Waals surface area contributed by atoms with Gasteiger partial charge in [0.1, 0.15) is 0 Å². The number of nitrogens with zero attached hydrogens (tertiary/aromatic N) is 2. The highest BCUT2D eigenvalue weighted by atomic mass is 79.9. The Hall–Kier alpha value is -0.350. The van der Waals surface area contributed by atoms with Crippen LogP contribution in [-0.2, 0) is 7.05 Å². The Balaban J connectivity index is 2.30. The molecule has 4 heteroatoms. The monoisotopic (exact) mass is 313 g/mol. The average molecular weight is 314 g/mol. The van der Waals surface area contributed by atoms with Crippen molar-refractivity contribution < 1.29 is 0 Å². The van der Waals surface area contributed by atoms with Crippen LogP contribution in [0.1, 0.15) is 57.7 Å². The number of hydrogen-bond donors (Lipinski definition) is 1. The molecular weight excluding hydrogens is 290 g/mol. The fourth-order valence-corrected chi connectivity index (χ4v) is 3.76. The normalized spacial score (nSPS) is 20.2. The number of aromatic nitrogens is 2. The molecule has 1 unspecified atom stereocenters. The van der Waals surface area contributed by atoms with Gasteiger partial charge in [0.15, 0.2) is 0 Å². The Morgan fingerprint density at radius 1 is 1.50 bits per heavy atom. The van der Waals surface area contributed by atoms with E-state index in [0.717, 1.165) is 11.0 Å². The zero-order valence-corrected chi connectivity index (χ0v) is 13.3. The molecule has 0 aromatic carbocycles. The lowest BCUT2D eigenvalue weighted by Crippen LogP contribution is -2.36. The van der Waals surface area contributed by atoms with Crippen molar-refractivity contribution in [2.75, 3.05) is 6.54 Å². The van der Waals surface area contributed by atoms with Crippen molar-refractivity contribution in [2.24, 2.45) is 12.5 Å². The lowest BCUT2D eigenvalue weighted by Gasteiger charge is -2.35. The topological polar surface area (TPSA) is 29.9 Å². The van der Waals surface area contributed by atoms with Crippen molar-refractivity contribution in [2.45, 2.75) is 52.0 Å². The Labute approximate surface area is 118 Å². The first-order chi connectivity index (χ1) is 8.58. The van der Waals surface area contributed by atoms with Crippen LogP contribution in [0.5, 0.6) is 0 Å². The predicted molar refractivity (Wildman–Crippen MR) is 78.5 cm³/mol. The molecule has 1 saturated carbocycles. The number of aryl methyl sites for hydroxylation is 1. The molecule has 0 saturated heterocycles. The highest BCUT2D eigenvalue weighted by Gasteiger charge is 2.39. The summed E-state index contributed by atoms with van der Waals surface area (Å²) in [6.07, 6.45) is 8.42. The van der Waals surface area contributed by atoms with Gasteiger partial charge in [-0.25, -0.2) is 0 Å². The molecule has 1 heterocycles. The maximum absolute atomic E-state index is 4.38. The molecule has 1 aromatic rings. The van der Waals surface area contributed by atoms with Gasteiger partial charge in [0, 0.05) is 7.05 Å². The van der Waals surface area contributed by atoms with E-state index in [-0.39, 0.29) is 0 Å². The van der Waals surface area contributed by atoms with Gasteiger partial charge in [0.2, 0.25) is 0 Å². The third kappa shape index (κ3) is 2.64. The number of hydrogen-bond acceptors (Lipinski definition) is 2. The smallest absolute Gasteiger partial charge is 0.0697 e. The first-order valence-electron chi connectivity index (χ1n) is 6.99. The summed E-state index contributed by atoms with van der Waals surface area (Å²) < 4.78 is 3.15. The molecule has 0 aliphatic heterocycles. The van der Waals surface area contributed by atoms with Crippen LogP contribution in [0.25, 0.3) is 0 Å². The molecule has 0 spiro atoms. The first kappa shape index (κ1) is 14.1. The van der Waals surface area contributed by atoms with Crippen LogP contribution in [0.15, 0.2) is 10.7 Å². The highest BCUT2D eigenvalue weighted by molar-refractivity contribution is 9.10. The van der Waals surface area contributed by atoms with Gasteiger partial charge in [-0.3, -0.25) is 4.68 Å². The van der Waals surface area contributed by atoms with E-state index >= 15 is 0 Å². The fourth-order valence-electron chi connectivity index (χ4n) is 3.18. The summed E-state index contributed by atoms with van der Waals surface area (Å²) in [5.74, 6) is 0. The van der Waals surface area contributed by atoms with E-state index in [9.17, 15) is 0 Å². The van der Waals surface area contributed by atoms with Crippen LogP contribution in [0.3, 0.4) is 0 Å². The molecule has 18 heavy (non-hydrogen) atoms. The lowest BCUT2D eigenvalue weighted by molar-refractivity contribution is 0.214. The Bertz CT molecular complexity index is 374. The molecule has 1 aliphatic carbocycles. The SMILES string of the molecule is CCCNC(c1c(Br)cnn1C)C1(C)CCCC1. The predicted octanol–water partition coefficient (Wildman–Crippen LogP) is 3.80. The van der Waals surface area contributed by atoms with Gasteiger partial charge < -0.3 is 5.32 Å². The summed E-state index contributed by atoms with van der Waals surface area (Å²) >= 11 is 3.66. The minimum Gasteiger partial charge on any atom is -0.308 e. The van der Waals surface area contributed by atoms with Gasteiger partial charge in [-0.15, -0.1) is 0 Å². The van der Waals surface area contributed by atoms with Crippen molar-refractivity contribution in [1.82, 2.24) is 15.1 Å². The molecule has 1 aliphatic rings. The summed E-state index contributed by atoms with van der Waals surface area (Å²) in [5.41, 5.74) is 1.67. The van der Waals surface area contributed by atoms with Crippen molar-refractivity contribution in [1.29, 1.82) is 0 Å². The zero-order valence-electron chi connectivity index (χ0n) is 11.7. The summed E-state index contributed by atoms with van der Waals surface area (Å²) in [7, 11) is 2.04. The molecular formula is C14H24BrN3. The lowest BCUT2D eigenvalue weighted by atomic mass is 9.79. The summed E-state index contributed by atoms with van der Waals surface area (Å²) in [4.78, 5) is 0. The molecule has 0 radical (unpaired) electrons. The van der Waals surface area contributed by atoms with E-state index < -0.39 is 0 Å². The van der Waals surface area contributed by atoms with Crippen molar-refractivity contribution in [3.8, 4) is 0 Å². The van der Waals surface area contributed by atoms with E-state index in [1.165, 1.54) is 37.8 Å². The highest BCUT2D eigenvalue weighted by Crippen LogP contribution is 2.48. The third-order valence-corrected chi connectivity index (χ3v) is 4.86. The number of rotatable bonds is 5. The maximum atomic E-state index is 4.38. The van der Waals surface area contributed by atoms with E-state index in [4.69, 9.17) is 0 Å². The van der Waals surface area contributed by atoms with Gasteiger partial charge in [0.05, 0.1) is 22.4 Å². The molecule has 1 atom stereocenters. The van der Waals surface area contributed by atoms with E-state index in [2.05, 4.69) is 40.2 Å². The van der Waals surface area contributed by atoms with Gasteiger partial charge >= 0.3 is 0 Å². The van der Waals surface area contributed by atoms with Crippen LogP contribution in [0, 0.1) is 5.41 Å². The van der Waals surface area contributed by atoms with Gasteiger partial charge in [0.25, 0.3) is 0 Å². The third-order valence-electron chi connectivity index (χ3n) is 4.25. The molecule has 102 valence electrons. The Morgan fingerprint density at radius 2 is 2.17 bits per heavy atom. The van der Waals surface area contributed by atoms with E-state index in [1.807, 2.05) is 17.9 Å². The molecule has 3 nitrogen and oxygen atoms in total. The molecule has 1 fully saturated rings. The molecule has 1 aromatic heterocycles. The second kappa shape index (κ2) is 5.74. The Kier molecular flexibility index (Phi) is 4.49. The van der Waals surface area contributed by atoms with Crippen LogP contribution in [0.4, 0.5) is 0 Å². The van der Waals surface area contributed by atoms with Gasteiger partial charge in [-0.2, -0.15) is 5.10 Å². The summed E-state index contributed by atoms with van der Waals surface area (Å²) in [6, 6.07) is 0.404. The Morgan fingerprint density at radius 3 is 2.67 bits per heavy atom. The average Bonchev–Trinajstić information content (AvgIpc) is 2.90. The van der Waals surface area contributed by atoms with Crippen LogP contribution < -0.4 is 5.32 Å². The second-order valence-electron chi connectivity index (χ2n) is 5.75. The molecule has 2 rings (SSSR count). The minimum absolute atomic E-state index is 0.367. The minimum atomic E-state index is 0.367. The van der Waals surface area contributed by atoms with Crippen molar-refractivity contribution >= 4 is 15.9 Å². The number of nitrogens with one attached hydrogen (secondary N) is 1.